The first-order valence-corrected chi connectivity index (χ1v) is 3.92. The molecule has 0 unspecified atom stereocenters. The molecule has 2 rings (SSSR count). The summed E-state index contributed by atoms with van der Waals surface area (Å²) in [4.78, 5) is 11.2. The van der Waals surface area contributed by atoms with Gasteiger partial charge >= 0.3 is 0 Å². The maximum Gasteiger partial charge on any atom is 0.247 e. The van der Waals surface area contributed by atoms with Crippen LogP contribution in [-0.2, 0) is 11.3 Å². The maximum absolute atomic E-state index is 11.2. The zero-order valence-electron chi connectivity index (χ0n) is 7.40. The largest absolute Gasteiger partial charge is 0.327 e. The third-order valence-corrected chi connectivity index (χ3v) is 2.02. The Morgan fingerprint density at radius 3 is 3.08 bits per heavy atom. The van der Waals surface area contributed by atoms with Crippen molar-refractivity contribution in [3.05, 3.63) is 11.3 Å². The number of hydrogen-bond acceptors (Lipinski definition) is 5. The van der Waals surface area contributed by atoms with Gasteiger partial charge in [-0.2, -0.15) is 0 Å². The average molecular weight is 179 g/mol. The van der Waals surface area contributed by atoms with E-state index in [1.54, 1.807) is 4.68 Å². The second-order valence-corrected chi connectivity index (χ2v) is 2.94. The van der Waals surface area contributed by atoms with E-state index in [4.69, 9.17) is 0 Å². The van der Waals surface area contributed by atoms with Crippen LogP contribution in [0.25, 0.3) is 0 Å². The predicted molar refractivity (Wildman–Crippen MR) is 44.8 cm³/mol. The molecule has 1 aromatic rings. The molecule has 0 saturated carbocycles. The summed E-state index contributed by atoms with van der Waals surface area (Å²) in [6.07, 6.45) is 0. The minimum absolute atomic E-state index is 0.0474. The van der Waals surface area contributed by atoms with Crippen molar-refractivity contribution in [2.45, 2.75) is 20.4 Å². The minimum atomic E-state index is 0.0474. The SMILES string of the molecule is CC(=O)C1=C(C)Nc2nnnn2C1. The fraction of sp³-hybridized carbons (Fsp3) is 0.429. The van der Waals surface area contributed by atoms with Gasteiger partial charge in [0.25, 0.3) is 0 Å². The van der Waals surface area contributed by atoms with E-state index in [-0.39, 0.29) is 5.78 Å². The molecule has 2 heterocycles. The predicted octanol–water partition coefficient (Wildman–Crippen LogP) is -0.0384. The van der Waals surface area contributed by atoms with Gasteiger partial charge in [0.15, 0.2) is 5.78 Å². The van der Waals surface area contributed by atoms with Crippen LogP contribution in [0.3, 0.4) is 0 Å². The molecule has 68 valence electrons. The highest BCUT2D eigenvalue weighted by atomic mass is 16.1. The maximum atomic E-state index is 11.2. The molecule has 6 heteroatoms. The van der Waals surface area contributed by atoms with Crippen LogP contribution >= 0.6 is 0 Å². The van der Waals surface area contributed by atoms with E-state index >= 15 is 0 Å². The smallest absolute Gasteiger partial charge is 0.247 e. The molecule has 0 radical (unpaired) electrons. The Morgan fingerprint density at radius 1 is 1.62 bits per heavy atom. The van der Waals surface area contributed by atoms with Crippen LogP contribution in [0.15, 0.2) is 11.3 Å². The van der Waals surface area contributed by atoms with E-state index in [1.165, 1.54) is 6.92 Å². The number of allylic oxidation sites excluding steroid dienone is 2. The molecule has 0 spiro atoms. The number of anilines is 1. The molecule has 0 fully saturated rings. The molecule has 13 heavy (non-hydrogen) atoms. The van der Waals surface area contributed by atoms with Crippen molar-refractivity contribution in [2.24, 2.45) is 0 Å². The molecule has 1 aromatic heterocycles. The number of hydrogen-bond donors (Lipinski definition) is 1. The lowest BCUT2D eigenvalue weighted by Crippen LogP contribution is -2.21. The Morgan fingerprint density at radius 2 is 2.38 bits per heavy atom. The second kappa shape index (κ2) is 2.65. The van der Waals surface area contributed by atoms with Gasteiger partial charge in [-0.05, 0) is 24.3 Å². The topological polar surface area (TPSA) is 72.7 Å². The van der Waals surface area contributed by atoms with Crippen molar-refractivity contribution in [1.82, 2.24) is 20.2 Å². The van der Waals surface area contributed by atoms with Gasteiger partial charge in [0.2, 0.25) is 5.95 Å². The molecule has 6 nitrogen and oxygen atoms in total. The quantitative estimate of drug-likeness (QED) is 0.655. The van der Waals surface area contributed by atoms with Gasteiger partial charge < -0.3 is 5.32 Å². The average Bonchev–Trinajstić information content (AvgIpc) is 2.48. The van der Waals surface area contributed by atoms with Gasteiger partial charge in [0.1, 0.15) is 0 Å². The fourth-order valence-electron chi connectivity index (χ4n) is 1.29. The van der Waals surface area contributed by atoms with Crippen molar-refractivity contribution in [3.8, 4) is 0 Å². The minimum Gasteiger partial charge on any atom is -0.327 e. The third-order valence-electron chi connectivity index (χ3n) is 2.02. The third kappa shape index (κ3) is 1.20. The van der Waals surface area contributed by atoms with E-state index in [0.29, 0.717) is 12.5 Å². The molecular formula is C7H9N5O. The van der Waals surface area contributed by atoms with E-state index < -0.39 is 0 Å². The monoisotopic (exact) mass is 179 g/mol. The number of tetrazole rings is 1. The Bertz CT molecular complexity index is 391. The fourth-order valence-corrected chi connectivity index (χ4v) is 1.29. The molecule has 0 aromatic carbocycles. The number of nitrogens with one attached hydrogen (secondary N) is 1. The number of nitrogens with zero attached hydrogens (tertiary/aromatic N) is 4. The molecule has 1 aliphatic rings. The van der Waals surface area contributed by atoms with Crippen LogP contribution in [0.2, 0.25) is 0 Å². The molecule has 0 saturated heterocycles. The summed E-state index contributed by atoms with van der Waals surface area (Å²) >= 11 is 0. The van der Waals surface area contributed by atoms with E-state index in [0.717, 1.165) is 11.3 Å². The Balaban J connectivity index is 2.39. The molecule has 0 bridgehead atoms. The molecular weight excluding hydrogens is 170 g/mol. The van der Waals surface area contributed by atoms with Gasteiger partial charge in [0.05, 0.1) is 6.54 Å². The number of rotatable bonds is 1. The van der Waals surface area contributed by atoms with E-state index in [1.807, 2.05) is 6.92 Å². The number of aromatic nitrogens is 4. The normalized spacial score (nSPS) is 15.2. The lowest BCUT2D eigenvalue weighted by atomic mass is 10.1. The second-order valence-electron chi connectivity index (χ2n) is 2.94. The van der Waals surface area contributed by atoms with Crippen LogP contribution in [-0.4, -0.2) is 26.0 Å². The summed E-state index contributed by atoms with van der Waals surface area (Å²) < 4.78 is 1.56. The summed E-state index contributed by atoms with van der Waals surface area (Å²) in [5, 5.41) is 13.9. The van der Waals surface area contributed by atoms with Crippen LogP contribution in [0.5, 0.6) is 0 Å². The van der Waals surface area contributed by atoms with Crippen molar-refractivity contribution in [3.63, 3.8) is 0 Å². The van der Waals surface area contributed by atoms with Gasteiger partial charge in [-0.15, -0.1) is 0 Å². The Hall–Kier alpha value is -1.72. The van der Waals surface area contributed by atoms with Crippen molar-refractivity contribution >= 4 is 11.7 Å². The molecule has 1 N–H and O–H groups in total. The highest BCUT2D eigenvalue weighted by molar-refractivity contribution is 5.94. The Kier molecular flexibility index (Phi) is 1.61. The summed E-state index contributed by atoms with van der Waals surface area (Å²) in [6, 6.07) is 0. The summed E-state index contributed by atoms with van der Waals surface area (Å²) in [5.74, 6) is 0.633. The highest BCUT2D eigenvalue weighted by Crippen LogP contribution is 2.17. The van der Waals surface area contributed by atoms with Crippen LogP contribution in [0.4, 0.5) is 5.95 Å². The van der Waals surface area contributed by atoms with E-state index in [9.17, 15) is 4.79 Å². The summed E-state index contributed by atoms with van der Waals surface area (Å²) in [5.41, 5.74) is 1.55. The number of carbonyl (C=O) groups excluding carboxylic acids is 1. The zero-order chi connectivity index (χ0) is 9.42. The van der Waals surface area contributed by atoms with Crippen molar-refractivity contribution in [2.75, 3.05) is 5.32 Å². The lowest BCUT2D eigenvalue weighted by Gasteiger charge is -2.16. The number of ketones is 1. The molecule has 0 aliphatic carbocycles. The lowest BCUT2D eigenvalue weighted by molar-refractivity contribution is -0.113. The van der Waals surface area contributed by atoms with Crippen molar-refractivity contribution in [1.29, 1.82) is 0 Å². The first-order chi connectivity index (χ1) is 6.18. The van der Waals surface area contributed by atoms with E-state index in [2.05, 4.69) is 20.8 Å². The standard InChI is InChI=1S/C7H9N5O/c1-4-6(5(2)13)3-12-7(8-4)9-10-11-12/h3H2,1-2H3,(H,8,9,11). The summed E-state index contributed by atoms with van der Waals surface area (Å²) in [6.45, 7) is 3.83. The molecule has 1 aliphatic heterocycles. The van der Waals surface area contributed by atoms with Crippen molar-refractivity contribution < 1.29 is 4.79 Å². The van der Waals surface area contributed by atoms with Gasteiger partial charge in [-0.25, -0.2) is 4.68 Å². The highest BCUT2D eigenvalue weighted by Gasteiger charge is 2.19. The Labute approximate surface area is 74.6 Å². The first kappa shape index (κ1) is 7.90. The summed E-state index contributed by atoms with van der Waals surface area (Å²) in [7, 11) is 0. The van der Waals surface area contributed by atoms with Gasteiger partial charge in [-0.1, -0.05) is 5.10 Å². The molecule has 0 amide bonds. The van der Waals surface area contributed by atoms with Gasteiger partial charge in [-0.3, -0.25) is 4.79 Å². The van der Waals surface area contributed by atoms with Gasteiger partial charge in [0, 0.05) is 11.3 Å². The first-order valence-electron chi connectivity index (χ1n) is 3.92. The van der Waals surface area contributed by atoms with Crippen LogP contribution in [0, 0.1) is 0 Å². The molecule has 0 atom stereocenters. The number of Topliss-reactive ketones (excluding diaryl/α,β-unsaturated/α-hetero) is 1. The number of fused-ring (bicyclic) bond motifs is 1. The van der Waals surface area contributed by atoms with Crippen LogP contribution < -0.4 is 5.32 Å². The van der Waals surface area contributed by atoms with Crippen LogP contribution in [0.1, 0.15) is 13.8 Å². The zero-order valence-corrected chi connectivity index (χ0v) is 7.40. The number of carbonyl (C=O) groups is 1.